The highest BCUT2D eigenvalue weighted by atomic mass is 16.4. The molecule has 0 aliphatic heterocycles. The van der Waals surface area contributed by atoms with E-state index in [-0.39, 0.29) is 11.8 Å². The second-order valence-corrected chi connectivity index (χ2v) is 6.81. The quantitative estimate of drug-likeness (QED) is 0.640. The van der Waals surface area contributed by atoms with E-state index in [2.05, 4.69) is 41.4 Å². The first-order chi connectivity index (χ1) is 13.0. The molecule has 1 N–H and O–H groups in total. The monoisotopic (exact) mass is 367 g/mol. The van der Waals surface area contributed by atoms with Gasteiger partial charge in [-0.3, -0.25) is 4.79 Å². The van der Waals surface area contributed by atoms with Gasteiger partial charge in [-0.25, -0.2) is 4.68 Å². The maximum Gasteiger partial charge on any atom is 0.268 e. The molecule has 7 nitrogen and oxygen atoms in total. The van der Waals surface area contributed by atoms with E-state index >= 15 is 0 Å². The van der Waals surface area contributed by atoms with Gasteiger partial charge in [-0.05, 0) is 36.6 Å². The van der Waals surface area contributed by atoms with E-state index in [9.17, 15) is 4.79 Å². The van der Waals surface area contributed by atoms with Gasteiger partial charge in [0.15, 0.2) is 0 Å². The molecule has 3 aromatic rings. The number of hydrogen-bond donors (Lipinski definition) is 1. The molecule has 0 unspecified atom stereocenters. The second-order valence-electron chi connectivity index (χ2n) is 6.81. The smallest absolute Gasteiger partial charge is 0.268 e. The van der Waals surface area contributed by atoms with Crippen molar-refractivity contribution in [2.45, 2.75) is 46.5 Å². The topological polar surface area (TPSA) is 85.8 Å². The van der Waals surface area contributed by atoms with E-state index < -0.39 is 0 Å². The molecular weight excluding hydrogens is 342 g/mol. The van der Waals surface area contributed by atoms with Crippen LogP contribution in [0.25, 0.3) is 17.3 Å². The Bertz CT molecular complexity index is 926. The fraction of sp³-hybridized carbons (Fsp3) is 0.400. The van der Waals surface area contributed by atoms with Crippen molar-refractivity contribution in [3.05, 3.63) is 47.5 Å². The molecule has 0 aliphatic rings. The third kappa shape index (κ3) is 4.24. The normalized spacial score (nSPS) is 11.1. The minimum atomic E-state index is -0.0729. The standard InChI is InChI=1S/C20H25N5O2/c1-5-6-10-21-19(26)15-8-7-9-16(11-15)25-18(13(2)3)12-17(24-25)20-23-22-14(4)27-20/h7-9,11-13H,5-6,10H2,1-4H3,(H,21,26). The highest BCUT2D eigenvalue weighted by molar-refractivity contribution is 5.94. The van der Waals surface area contributed by atoms with Crippen LogP contribution in [0.15, 0.2) is 34.7 Å². The second kappa shape index (κ2) is 8.16. The van der Waals surface area contributed by atoms with E-state index in [0.29, 0.717) is 29.6 Å². The van der Waals surface area contributed by atoms with Gasteiger partial charge >= 0.3 is 0 Å². The minimum absolute atomic E-state index is 0.0729. The Morgan fingerprint density at radius 3 is 2.74 bits per heavy atom. The van der Waals surface area contributed by atoms with Crippen LogP contribution in [0.3, 0.4) is 0 Å². The first kappa shape index (κ1) is 18.8. The number of amides is 1. The van der Waals surface area contributed by atoms with Gasteiger partial charge in [-0.1, -0.05) is 33.3 Å². The maximum atomic E-state index is 12.4. The van der Waals surface area contributed by atoms with Crippen LogP contribution < -0.4 is 5.32 Å². The number of nitrogens with zero attached hydrogens (tertiary/aromatic N) is 4. The Morgan fingerprint density at radius 1 is 1.26 bits per heavy atom. The molecule has 0 saturated heterocycles. The molecule has 7 heteroatoms. The molecule has 0 aliphatic carbocycles. The summed E-state index contributed by atoms with van der Waals surface area (Å²) in [6, 6.07) is 9.41. The van der Waals surface area contributed by atoms with Crippen molar-refractivity contribution in [3.63, 3.8) is 0 Å². The largest absolute Gasteiger partial charge is 0.420 e. The summed E-state index contributed by atoms with van der Waals surface area (Å²) in [6.07, 6.45) is 2.01. The van der Waals surface area contributed by atoms with Crippen molar-refractivity contribution in [2.75, 3.05) is 6.54 Å². The molecule has 1 amide bonds. The van der Waals surface area contributed by atoms with Crippen molar-refractivity contribution >= 4 is 5.91 Å². The number of nitrogens with one attached hydrogen (secondary N) is 1. The van der Waals surface area contributed by atoms with Crippen LogP contribution >= 0.6 is 0 Å². The molecule has 2 heterocycles. The van der Waals surface area contributed by atoms with Gasteiger partial charge in [0.2, 0.25) is 5.89 Å². The summed E-state index contributed by atoms with van der Waals surface area (Å²) < 4.78 is 7.34. The van der Waals surface area contributed by atoms with Crippen molar-refractivity contribution in [2.24, 2.45) is 0 Å². The number of aromatic nitrogens is 4. The number of carbonyl (C=O) groups is 1. The summed E-state index contributed by atoms with van der Waals surface area (Å²) in [5, 5.41) is 15.5. The Balaban J connectivity index is 1.94. The first-order valence-corrected chi connectivity index (χ1v) is 9.28. The van der Waals surface area contributed by atoms with Gasteiger partial charge < -0.3 is 9.73 Å². The molecule has 0 spiro atoms. The highest BCUT2D eigenvalue weighted by Gasteiger charge is 2.18. The Labute approximate surface area is 158 Å². The number of unbranched alkanes of at least 4 members (excludes halogenated alkanes) is 1. The summed E-state index contributed by atoms with van der Waals surface area (Å²) in [5.41, 5.74) is 3.06. The summed E-state index contributed by atoms with van der Waals surface area (Å²) in [5.74, 6) is 1.05. The van der Waals surface area contributed by atoms with Crippen LogP contribution in [0.5, 0.6) is 0 Å². The number of rotatable bonds is 7. The Morgan fingerprint density at radius 2 is 2.07 bits per heavy atom. The van der Waals surface area contributed by atoms with Gasteiger partial charge in [0, 0.05) is 24.7 Å². The number of hydrogen-bond acceptors (Lipinski definition) is 5. The average Bonchev–Trinajstić information content (AvgIpc) is 3.28. The minimum Gasteiger partial charge on any atom is -0.420 e. The fourth-order valence-corrected chi connectivity index (χ4v) is 2.78. The van der Waals surface area contributed by atoms with Crippen LogP contribution in [0.2, 0.25) is 0 Å². The van der Waals surface area contributed by atoms with E-state index in [4.69, 9.17) is 4.42 Å². The molecule has 0 bridgehead atoms. The van der Waals surface area contributed by atoms with Crippen molar-refractivity contribution in [1.82, 2.24) is 25.3 Å². The number of carbonyl (C=O) groups excluding carboxylic acids is 1. The van der Waals surface area contributed by atoms with Gasteiger partial charge in [-0.15, -0.1) is 10.2 Å². The molecule has 27 heavy (non-hydrogen) atoms. The molecule has 0 radical (unpaired) electrons. The molecule has 0 fully saturated rings. The molecule has 2 aromatic heterocycles. The lowest BCUT2D eigenvalue weighted by Gasteiger charge is -2.11. The van der Waals surface area contributed by atoms with Gasteiger partial charge in [0.25, 0.3) is 11.8 Å². The number of benzene rings is 1. The third-order valence-corrected chi connectivity index (χ3v) is 4.24. The zero-order valence-electron chi connectivity index (χ0n) is 16.2. The van der Waals surface area contributed by atoms with Crippen LogP contribution in [0.1, 0.15) is 61.5 Å². The highest BCUT2D eigenvalue weighted by Crippen LogP contribution is 2.25. The lowest BCUT2D eigenvalue weighted by Crippen LogP contribution is -2.24. The van der Waals surface area contributed by atoms with Crippen molar-refractivity contribution in [1.29, 1.82) is 0 Å². The van der Waals surface area contributed by atoms with Crippen LogP contribution in [-0.2, 0) is 0 Å². The average molecular weight is 367 g/mol. The van der Waals surface area contributed by atoms with E-state index in [1.165, 1.54) is 0 Å². The molecule has 0 atom stereocenters. The van der Waals surface area contributed by atoms with Gasteiger partial charge in [-0.2, -0.15) is 5.10 Å². The molecule has 142 valence electrons. The summed E-state index contributed by atoms with van der Waals surface area (Å²) >= 11 is 0. The van der Waals surface area contributed by atoms with Crippen molar-refractivity contribution in [3.8, 4) is 17.3 Å². The summed E-state index contributed by atoms with van der Waals surface area (Å²) in [7, 11) is 0. The number of aryl methyl sites for hydroxylation is 1. The Hall–Kier alpha value is -2.96. The van der Waals surface area contributed by atoms with E-state index in [0.717, 1.165) is 24.2 Å². The van der Waals surface area contributed by atoms with Crippen LogP contribution in [0, 0.1) is 6.92 Å². The molecular formula is C20H25N5O2. The zero-order valence-corrected chi connectivity index (χ0v) is 16.2. The summed E-state index contributed by atoms with van der Waals surface area (Å²) in [4.78, 5) is 12.4. The van der Waals surface area contributed by atoms with Crippen LogP contribution in [-0.4, -0.2) is 32.4 Å². The van der Waals surface area contributed by atoms with Crippen molar-refractivity contribution < 1.29 is 9.21 Å². The maximum absolute atomic E-state index is 12.4. The SMILES string of the molecule is CCCCNC(=O)c1cccc(-n2nc(-c3nnc(C)o3)cc2C(C)C)c1. The van der Waals surface area contributed by atoms with Gasteiger partial charge in [0.05, 0.1) is 5.69 Å². The van der Waals surface area contributed by atoms with E-state index in [1.807, 2.05) is 35.0 Å². The zero-order chi connectivity index (χ0) is 19.4. The molecule has 1 aromatic carbocycles. The predicted octanol–water partition coefficient (Wildman–Crippen LogP) is 3.88. The fourth-order valence-electron chi connectivity index (χ4n) is 2.78. The van der Waals surface area contributed by atoms with E-state index in [1.54, 1.807) is 6.92 Å². The lowest BCUT2D eigenvalue weighted by atomic mass is 10.1. The third-order valence-electron chi connectivity index (χ3n) is 4.24. The van der Waals surface area contributed by atoms with Crippen LogP contribution in [0.4, 0.5) is 0 Å². The Kier molecular flexibility index (Phi) is 5.69. The molecule has 3 rings (SSSR count). The summed E-state index contributed by atoms with van der Waals surface area (Å²) in [6.45, 7) is 8.71. The molecule has 0 saturated carbocycles. The predicted molar refractivity (Wildman–Crippen MR) is 103 cm³/mol. The first-order valence-electron chi connectivity index (χ1n) is 9.28. The van der Waals surface area contributed by atoms with Gasteiger partial charge in [0.1, 0.15) is 5.69 Å². The lowest BCUT2D eigenvalue weighted by molar-refractivity contribution is 0.0953.